The van der Waals surface area contributed by atoms with Gasteiger partial charge in [-0.1, -0.05) is 72.8 Å². The van der Waals surface area contributed by atoms with Gasteiger partial charge in [0.2, 0.25) is 0 Å². The van der Waals surface area contributed by atoms with E-state index >= 15 is 0 Å². The monoisotopic (exact) mass is 531 g/mol. The molecule has 0 saturated carbocycles. The zero-order valence-electron chi connectivity index (χ0n) is 21.8. The van der Waals surface area contributed by atoms with Gasteiger partial charge in [0.1, 0.15) is 45.2 Å². The number of benzene rings is 3. The van der Waals surface area contributed by atoms with E-state index in [2.05, 4.69) is 56.3 Å². The summed E-state index contributed by atoms with van der Waals surface area (Å²) < 4.78 is 2.04. The molecule has 6 heterocycles. The van der Waals surface area contributed by atoms with Gasteiger partial charge in [-0.3, -0.25) is 4.98 Å². The Balaban J connectivity index is 1.53. The maximum Gasteiger partial charge on any atom is 0.144 e. The van der Waals surface area contributed by atoms with Crippen molar-refractivity contribution >= 4 is 66.4 Å². The summed E-state index contributed by atoms with van der Waals surface area (Å²) in [6, 6.07) is 26.5. The molecule has 0 aliphatic carbocycles. The Hall–Kier alpha value is -5.83. The zero-order valence-corrected chi connectivity index (χ0v) is 21.8. The molecular weight excluding hydrogens is 510 g/mol. The number of rotatable bonds is 0. The molecule has 3 aromatic carbocycles. The highest BCUT2D eigenvalue weighted by atomic mass is 15.1. The highest BCUT2D eigenvalue weighted by molar-refractivity contribution is 6.01. The third-order valence-electron chi connectivity index (χ3n) is 7.84. The maximum atomic E-state index is 5.19. The van der Waals surface area contributed by atoms with Crippen molar-refractivity contribution < 1.29 is 0 Å². The van der Waals surface area contributed by atoms with Crippen molar-refractivity contribution in [1.29, 1.82) is 0 Å². The zero-order chi connectivity index (χ0) is 27.1. The predicted octanol–water partition coefficient (Wildman–Crippen LogP) is 5.14. The average Bonchev–Trinajstić information content (AvgIpc) is 3.72. The number of aromatic amines is 3. The second-order valence-corrected chi connectivity index (χ2v) is 10.2. The first-order chi connectivity index (χ1) is 20.2. The van der Waals surface area contributed by atoms with E-state index in [1.165, 1.54) is 0 Å². The molecule has 0 fully saturated rings. The second-order valence-electron chi connectivity index (χ2n) is 10.2. The molecule has 3 N–H and O–H groups in total. The van der Waals surface area contributed by atoms with Crippen LogP contribution in [0.15, 0.2) is 111 Å². The minimum atomic E-state index is 0.675. The first-order valence-electron chi connectivity index (χ1n) is 13.3. The fraction of sp³-hybridized carbons (Fsp3) is 0.0312. The molecule has 0 radical (unpaired) electrons. The van der Waals surface area contributed by atoms with E-state index in [0.717, 1.165) is 71.5 Å². The summed E-state index contributed by atoms with van der Waals surface area (Å²) >= 11 is 0. The summed E-state index contributed by atoms with van der Waals surface area (Å²) in [5.74, 6) is 3.03. The van der Waals surface area contributed by atoms with Gasteiger partial charge in [-0.15, -0.1) is 0 Å². The smallest absolute Gasteiger partial charge is 0.144 e. The van der Waals surface area contributed by atoms with Crippen LogP contribution in [0, 0.1) is 0 Å². The fourth-order valence-corrected chi connectivity index (χ4v) is 5.89. The fourth-order valence-electron chi connectivity index (χ4n) is 5.89. The minimum absolute atomic E-state index is 0.675. The Kier molecular flexibility index (Phi) is 4.35. The number of hydrogen-bond donors (Lipinski definition) is 3. The van der Waals surface area contributed by atoms with E-state index in [1.807, 2.05) is 60.3 Å². The number of H-pyrrole nitrogens is 3. The quantitative estimate of drug-likeness (QED) is 0.247. The first kappa shape index (κ1) is 22.0. The molecule has 9 nitrogen and oxygen atoms in total. The largest absolute Gasteiger partial charge is 0.324 e. The van der Waals surface area contributed by atoms with Gasteiger partial charge in [-0.25, -0.2) is 20.0 Å². The summed E-state index contributed by atoms with van der Waals surface area (Å²) in [5, 5.41) is 7.77. The number of aromatic nitrogens is 5. The molecule has 41 heavy (non-hydrogen) atoms. The van der Waals surface area contributed by atoms with Gasteiger partial charge in [0.25, 0.3) is 0 Å². The summed E-state index contributed by atoms with van der Waals surface area (Å²) in [6.45, 7) is 0. The second kappa shape index (κ2) is 8.09. The molecule has 8 bridgehead atoms. The van der Waals surface area contributed by atoms with E-state index in [4.69, 9.17) is 20.0 Å². The van der Waals surface area contributed by atoms with Gasteiger partial charge in [0.15, 0.2) is 0 Å². The van der Waals surface area contributed by atoms with Crippen LogP contribution in [-0.4, -0.2) is 24.5 Å². The Bertz CT molecular complexity index is 2430. The minimum Gasteiger partial charge on any atom is -0.324 e. The number of nitrogens with zero attached hydrogens (tertiary/aromatic N) is 6. The van der Waals surface area contributed by atoms with Crippen molar-refractivity contribution in [3.8, 4) is 0 Å². The van der Waals surface area contributed by atoms with Crippen LogP contribution < -0.4 is 22.0 Å². The SMILES string of the molecule is Cn1c2c3ccccc3c1N=c1[nH]c(c3cnccc13)=Nc1[nH]c(c3ccccc13)N=c1[nH]c(c3ccccc13)=N2. The first-order valence-corrected chi connectivity index (χ1v) is 13.3. The lowest BCUT2D eigenvalue weighted by molar-refractivity contribution is 0.907. The van der Waals surface area contributed by atoms with Crippen LogP contribution in [0.25, 0.3) is 43.1 Å². The highest BCUT2D eigenvalue weighted by Crippen LogP contribution is 2.37. The number of pyridine rings is 1. The van der Waals surface area contributed by atoms with Crippen molar-refractivity contribution in [1.82, 2.24) is 24.5 Å². The molecule has 1 aliphatic rings. The van der Waals surface area contributed by atoms with Gasteiger partial charge in [-0.05, 0) is 6.07 Å². The van der Waals surface area contributed by atoms with Crippen molar-refractivity contribution in [2.45, 2.75) is 0 Å². The van der Waals surface area contributed by atoms with Gasteiger partial charge >= 0.3 is 0 Å². The highest BCUT2D eigenvalue weighted by Gasteiger charge is 2.16. The maximum absolute atomic E-state index is 5.19. The van der Waals surface area contributed by atoms with Crippen LogP contribution in [0.4, 0.5) is 23.3 Å². The summed E-state index contributed by atoms with van der Waals surface area (Å²) in [4.78, 5) is 35.4. The van der Waals surface area contributed by atoms with Crippen LogP contribution >= 0.6 is 0 Å². The van der Waals surface area contributed by atoms with Crippen molar-refractivity contribution in [2.24, 2.45) is 27.0 Å². The van der Waals surface area contributed by atoms with Crippen LogP contribution in [0.1, 0.15) is 0 Å². The van der Waals surface area contributed by atoms with Crippen molar-refractivity contribution in [3.63, 3.8) is 0 Å². The third-order valence-corrected chi connectivity index (χ3v) is 7.84. The number of hydrogen-bond acceptors (Lipinski definition) is 5. The summed E-state index contributed by atoms with van der Waals surface area (Å²) in [7, 11) is 2.00. The molecule has 194 valence electrons. The van der Waals surface area contributed by atoms with Crippen molar-refractivity contribution in [2.75, 3.05) is 0 Å². The van der Waals surface area contributed by atoms with Crippen LogP contribution in [-0.2, 0) is 7.05 Å². The van der Waals surface area contributed by atoms with E-state index in [0.29, 0.717) is 16.8 Å². The molecule has 1 aliphatic heterocycles. The van der Waals surface area contributed by atoms with E-state index in [-0.39, 0.29) is 0 Å². The molecule has 0 spiro atoms. The lowest BCUT2D eigenvalue weighted by Gasteiger charge is -2.00. The van der Waals surface area contributed by atoms with Crippen LogP contribution in [0.2, 0.25) is 0 Å². The lowest BCUT2D eigenvalue weighted by Crippen LogP contribution is -2.11. The molecule has 0 amide bonds. The summed E-state index contributed by atoms with van der Waals surface area (Å²) in [5.41, 5.74) is 2.85. The van der Waals surface area contributed by atoms with E-state index in [9.17, 15) is 0 Å². The van der Waals surface area contributed by atoms with Gasteiger partial charge in [-0.2, -0.15) is 0 Å². The lowest BCUT2D eigenvalue weighted by atomic mass is 10.2. The van der Waals surface area contributed by atoms with Crippen LogP contribution in [0.5, 0.6) is 0 Å². The van der Waals surface area contributed by atoms with Crippen molar-refractivity contribution in [3.05, 3.63) is 113 Å². The Morgan fingerprint density at radius 1 is 0.463 bits per heavy atom. The van der Waals surface area contributed by atoms with Gasteiger partial charge < -0.3 is 19.5 Å². The van der Waals surface area contributed by atoms with Gasteiger partial charge in [0, 0.05) is 62.5 Å². The third kappa shape index (κ3) is 3.14. The molecular formula is C32H21N9. The normalized spacial score (nSPS) is 12.8. The van der Waals surface area contributed by atoms with E-state index in [1.54, 1.807) is 6.20 Å². The standard InChI is InChI=1S/C32H21N9/c1-41-31-22-12-6-7-13-23(22)32(41)40-29-21-14-15-33-16-24(21)30(38-29)37-27-18-9-3-2-8-17(18)25(35-27)34-26-19-10-4-5-11-20(19)28(36-26)39-31/h2-16H,1H3,(H3,34,35,36,37,38,39,40). The summed E-state index contributed by atoms with van der Waals surface area (Å²) in [6.07, 6.45) is 3.60. The molecule has 8 aromatic rings. The van der Waals surface area contributed by atoms with Crippen LogP contribution in [0.3, 0.4) is 0 Å². The van der Waals surface area contributed by atoms with Gasteiger partial charge in [0.05, 0.1) is 0 Å². The molecule has 0 unspecified atom stereocenters. The van der Waals surface area contributed by atoms with E-state index < -0.39 is 0 Å². The molecule has 0 atom stereocenters. The Morgan fingerprint density at radius 3 is 1.46 bits per heavy atom. The number of nitrogens with one attached hydrogen (secondary N) is 3. The molecule has 5 aromatic heterocycles. The topological polar surface area (TPSA) is 115 Å². The Morgan fingerprint density at radius 2 is 0.902 bits per heavy atom. The Labute approximate surface area is 231 Å². The number of fused-ring (bicyclic) bond motifs is 20. The molecule has 9 heteroatoms. The molecule has 0 saturated heterocycles. The predicted molar refractivity (Wildman–Crippen MR) is 159 cm³/mol. The molecule has 9 rings (SSSR count). The average molecular weight is 532 g/mol.